The van der Waals surface area contributed by atoms with Crippen molar-refractivity contribution in [3.63, 3.8) is 0 Å². The summed E-state index contributed by atoms with van der Waals surface area (Å²) in [5, 5.41) is 9.02. The summed E-state index contributed by atoms with van der Waals surface area (Å²) in [5.41, 5.74) is 0. The molecule has 0 aliphatic rings. The number of rotatable bonds is 8. The summed E-state index contributed by atoms with van der Waals surface area (Å²) in [6.45, 7) is 6.78. The monoisotopic (exact) mass is 370 g/mol. The predicted octanol–water partition coefficient (Wildman–Crippen LogP) is 1.62. The fourth-order valence-electron chi connectivity index (χ4n) is 1.61. The Morgan fingerprint density at radius 1 is 1.42 bits per heavy atom. The zero-order valence-corrected chi connectivity index (χ0v) is 14.2. The van der Waals surface area contributed by atoms with Gasteiger partial charge in [0.25, 0.3) is 0 Å². The Hall–Kier alpha value is 0.01000. The minimum atomic E-state index is -3.52. The van der Waals surface area contributed by atoms with Gasteiger partial charge in [0.05, 0.1) is 10.4 Å². The smallest absolute Gasteiger partial charge is 0.242 e. The van der Waals surface area contributed by atoms with Crippen molar-refractivity contribution in [2.45, 2.75) is 25.3 Å². The Balaban J connectivity index is 2.68. The van der Waals surface area contributed by atoms with Crippen molar-refractivity contribution in [3.05, 3.63) is 14.7 Å². The van der Waals surface area contributed by atoms with E-state index in [1.807, 2.05) is 13.8 Å². The number of nitrogens with zero attached hydrogens (tertiary/aromatic N) is 1. The van der Waals surface area contributed by atoms with E-state index in [0.717, 1.165) is 13.1 Å². The van der Waals surface area contributed by atoms with Crippen molar-refractivity contribution in [1.29, 1.82) is 0 Å². The molecule has 0 bridgehead atoms. The van der Waals surface area contributed by atoms with Gasteiger partial charge in [-0.15, -0.1) is 11.3 Å². The van der Waals surface area contributed by atoms with Crippen LogP contribution in [0.15, 0.2) is 14.7 Å². The van der Waals surface area contributed by atoms with Crippen molar-refractivity contribution < 1.29 is 13.5 Å². The van der Waals surface area contributed by atoms with Gasteiger partial charge in [0.15, 0.2) is 0 Å². The Morgan fingerprint density at radius 2 is 2.05 bits per heavy atom. The summed E-state index contributed by atoms with van der Waals surface area (Å²) in [6.07, 6.45) is 0. The molecule has 0 unspecified atom stereocenters. The standard InChI is InChI=1S/C11H19BrN2O3S2/c1-3-14(4-2)6-5-13-19(16,17)10-7-9(8-15)18-11(10)12/h7,13,15H,3-6,8H2,1-2H3. The molecule has 0 amide bonds. The van der Waals surface area contributed by atoms with E-state index in [2.05, 4.69) is 25.6 Å². The number of aliphatic hydroxyl groups is 1. The number of aliphatic hydroxyl groups excluding tert-OH is 1. The predicted molar refractivity (Wildman–Crippen MR) is 80.9 cm³/mol. The molecule has 110 valence electrons. The minimum Gasteiger partial charge on any atom is -0.391 e. The molecule has 1 heterocycles. The van der Waals surface area contributed by atoms with Gasteiger partial charge in [-0.2, -0.15) is 0 Å². The van der Waals surface area contributed by atoms with Crippen LogP contribution < -0.4 is 4.72 Å². The highest BCUT2D eigenvalue weighted by Crippen LogP contribution is 2.31. The van der Waals surface area contributed by atoms with Crippen LogP contribution in [0.25, 0.3) is 0 Å². The van der Waals surface area contributed by atoms with E-state index < -0.39 is 10.0 Å². The summed E-state index contributed by atoms with van der Waals surface area (Å²) < 4.78 is 27.3. The molecule has 0 fully saturated rings. The van der Waals surface area contributed by atoms with E-state index in [-0.39, 0.29) is 11.5 Å². The van der Waals surface area contributed by atoms with Crippen molar-refractivity contribution in [3.8, 4) is 0 Å². The van der Waals surface area contributed by atoms with E-state index in [9.17, 15) is 8.42 Å². The average Bonchev–Trinajstić information content (AvgIpc) is 2.77. The van der Waals surface area contributed by atoms with Gasteiger partial charge in [-0.3, -0.25) is 0 Å². The lowest BCUT2D eigenvalue weighted by molar-refractivity contribution is 0.285. The topological polar surface area (TPSA) is 69.6 Å². The summed E-state index contributed by atoms with van der Waals surface area (Å²) >= 11 is 4.45. The van der Waals surface area contributed by atoms with E-state index in [1.54, 1.807) is 0 Å². The number of nitrogens with one attached hydrogen (secondary N) is 1. The van der Waals surface area contributed by atoms with Gasteiger partial charge in [-0.1, -0.05) is 13.8 Å². The number of likely N-dealkylation sites (N-methyl/N-ethyl adjacent to an activating group) is 1. The molecule has 1 aromatic rings. The molecule has 2 N–H and O–H groups in total. The summed E-state index contributed by atoms with van der Waals surface area (Å²) in [5.74, 6) is 0. The maximum atomic E-state index is 12.1. The first-order chi connectivity index (χ1) is 8.94. The first-order valence-electron chi connectivity index (χ1n) is 6.05. The number of hydrogen-bond donors (Lipinski definition) is 2. The number of halogens is 1. The number of hydrogen-bond acceptors (Lipinski definition) is 5. The summed E-state index contributed by atoms with van der Waals surface area (Å²) in [7, 11) is -3.52. The number of sulfonamides is 1. The Morgan fingerprint density at radius 3 is 2.53 bits per heavy atom. The van der Waals surface area contributed by atoms with Crippen molar-refractivity contribution in [1.82, 2.24) is 9.62 Å². The molecule has 0 spiro atoms. The lowest BCUT2D eigenvalue weighted by atomic mass is 10.5. The van der Waals surface area contributed by atoms with Crippen LogP contribution >= 0.6 is 27.3 Å². The molecule has 0 radical (unpaired) electrons. The summed E-state index contributed by atoms with van der Waals surface area (Å²) in [4.78, 5) is 2.96. The van der Waals surface area contributed by atoms with Gasteiger partial charge < -0.3 is 10.0 Å². The fourth-order valence-corrected chi connectivity index (χ4v) is 5.18. The zero-order valence-electron chi connectivity index (χ0n) is 11.0. The van der Waals surface area contributed by atoms with Crippen LogP contribution in [-0.2, 0) is 16.6 Å². The first kappa shape index (κ1) is 17.1. The molecule has 1 rings (SSSR count). The quantitative estimate of drug-likeness (QED) is 0.729. The highest BCUT2D eigenvalue weighted by atomic mass is 79.9. The molecule has 8 heteroatoms. The van der Waals surface area contributed by atoms with Gasteiger partial charge in [0, 0.05) is 18.0 Å². The Labute approximate surface area is 126 Å². The van der Waals surface area contributed by atoms with Gasteiger partial charge >= 0.3 is 0 Å². The van der Waals surface area contributed by atoms with Crippen LogP contribution in [-0.4, -0.2) is 44.6 Å². The van der Waals surface area contributed by atoms with Crippen molar-refractivity contribution in [2.75, 3.05) is 26.2 Å². The van der Waals surface area contributed by atoms with Gasteiger partial charge in [0.1, 0.15) is 4.90 Å². The second-order valence-corrected chi connectivity index (χ2v) is 8.12. The average molecular weight is 371 g/mol. The molecule has 1 aromatic heterocycles. The molecule has 0 aliphatic carbocycles. The molecule has 0 saturated carbocycles. The molecule has 0 saturated heterocycles. The van der Waals surface area contributed by atoms with Crippen molar-refractivity contribution >= 4 is 37.3 Å². The van der Waals surface area contributed by atoms with E-state index >= 15 is 0 Å². The van der Waals surface area contributed by atoms with Crippen LogP contribution in [0.1, 0.15) is 18.7 Å². The SMILES string of the molecule is CCN(CC)CCNS(=O)(=O)c1cc(CO)sc1Br. The molecule has 0 aromatic carbocycles. The van der Waals surface area contributed by atoms with Crippen LogP contribution in [0.4, 0.5) is 0 Å². The third-order valence-electron chi connectivity index (χ3n) is 2.77. The van der Waals surface area contributed by atoms with Gasteiger partial charge in [-0.05, 0) is 35.1 Å². The highest BCUT2D eigenvalue weighted by molar-refractivity contribution is 9.11. The van der Waals surface area contributed by atoms with Crippen molar-refractivity contribution in [2.24, 2.45) is 0 Å². The molecule has 19 heavy (non-hydrogen) atoms. The Kier molecular flexibility index (Phi) is 6.92. The molecule has 0 aliphatic heterocycles. The van der Waals surface area contributed by atoms with Gasteiger partial charge in [-0.25, -0.2) is 13.1 Å². The lowest BCUT2D eigenvalue weighted by Gasteiger charge is -2.17. The molecular weight excluding hydrogens is 352 g/mol. The highest BCUT2D eigenvalue weighted by Gasteiger charge is 2.20. The van der Waals surface area contributed by atoms with E-state index in [4.69, 9.17) is 5.11 Å². The largest absolute Gasteiger partial charge is 0.391 e. The molecule has 0 atom stereocenters. The third kappa shape index (κ3) is 4.80. The second kappa shape index (κ2) is 7.70. The van der Waals surface area contributed by atoms with Crippen LogP contribution in [0.2, 0.25) is 0 Å². The maximum absolute atomic E-state index is 12.1. The van der Waals surface area contributed by atoms with Crippen LogP contribution in [0.3, 0.4) is 0 Å². The summed E-state index contributed by atoms with van der Waals surface area (Å²) in [6, 6.07) is 1.49. The zero-order chi connectivity index (χ0) is 14.5. The normalized spacial score (nSPS) is 12.3. The Bertz CT molecular complexity index is 498. The van der Waals surface area contributed by atoms with E-state index in [1.165, 1.54) is 17.4 Å². The molecular formula is C11H19BrN2O3S2. The molecule has 5 nitrogen and oxygen atoms in total. The maximum Gasteiger partial charge on any atom is 0.242 e. The minimum absolute atomic E-state index is 0.155. The third-order valence-corrected chi connectivity index (χ3v) is 6.46. The lowest BCUT2D eigenvalue weighted by Crippen LogP contribution is -2.34. The van der Waals surface area contributed by atoms with Crippen LogP contribution in [0.5, 0.6) is 0 Å². The van der Waals surface area contributed by atoms with Gasteiger partial charge in [0.2, 0.25) is 10.0 Å². The van der Waals surface area contributed by atoms with Crippen LogP contribution in [0, 0.1) is 0 Å². The number of thiophene rings is 1. The second-order valence-electron chi connectivity index (χ2n) is 3.93. The van der Waals surface area contributed by atoms with E-state index in [0.29, 0.717) is 21.8 Å². The fraction of sp³-hybridized carbons (Fsp3) is 0.636. The first-order valence-corrected chi connectivity index (χ1v) is 9.15.